The average molecular weight is 198 g/mol. The first-order valence-corrected chi connectivity index (χ1v) is 5.03. The van der Waals surface area contributed by atoms with Crippen LogP contribution >= 0.6 is 11.3 Å². The molecule has 0 aliphatic rings. The molecule has 1 aromatic heterocycles. The first kappa shape index (κ1) is 10.4. The van der Waals surface area contributed by atoms with Crippen LogP contribution in [-0.2, 0) is 0 Å². The van der Waals surface area contributed by atoms with Gasteiger partial charge in [0, 0.05) is 0 Å². The Balaban J connectivity index is 2.79. The van der Waals surface area contributed by atoms with Gasteiger partial charge >= 0.3 is 0 Å². The summed E-state index contributed by atoms with van der Waals surface area (Å²) in [6.07, 6.45) is 5.33. The van der Waals surface area contributed by atoms with E-state index in [1.54, 1.807) is 17.4 Å². The van der Waals surface area contributed by atoms with E-state index in [0.29, 0.717) is 0 Å². The van der Waals surface area contributed by atoms with Gasteiger partial charge in [0.15, 0.2) is 0 Å². The summed E-state index contributed by atoms with van der Waals surface area (Å²) in [5.41, 5.74) is 0. The molecule has 0 saturated heterocycles. The summed E-state index contributed by atoms with van der Waals surface area (Å²) < 4.78 is 0. The molecule has 0 aromatic carbocycles. The van der Waals surface area contributed by atoms with Gasteiger partial charge in [-0.15, -0.1) is 11.3 Å². The zero-order chi connectivity index (χ0) is 10.2. The number of hydrogen-bond acceptors (Lipinski definition) is 1. The maximum atomic E-state index is 3.54. The Hall–Kier alpha value is -1.70. The van der Waals surface area contributed by atoms with Crippen molar-refractivity contribution in [3.63, 3.8) is 0 Å². The summed E-state index contributed by atoms with van der Waals surface area (Å²) in [7, 11) is 0. The minimum Gasteiger partial charge on any atom is -0.118 e. The van der Waals surface area contributed by atoms with Crippen LogP contribution in [0.1, 0.15) is 16.7 Å². The molecular formula is C13H10S. The lowest BCUT2D eigenvalue weighted by Crippen LogP contribution is -1.58. The van der Waals surface area contributed by atoms with Crippen molar-refractivity contribution in [3.05, 3.63) is 46.7 Å². The van der Waals surface area contributed by atoms with E-state index in [1.165, 1.54) is 0 Å². The normalized spacial score (nSPS) is 8.64. The molecule has 1 heterocycles. The molecule has 0 fully saturated rings. The Bertz CT molecular complexity index is 453. The summed E-state index contributed by atoms with van der Waals surface area (Å²) in [6, 6.07) is 3.95. The summed E-state index contributed by atoms with van der Waals surface area (Å²) in [5, 5.41) is 0. The second-order valence-electron chi connectivity index (χ2n) is 2.41. The molecule has 14 heavy (non-hydrogen) atoms. The highest BCUT2D eigenvalue weighted by atomic mass is 32.1. The topological polar surface area (TPSA) is 0 Å². The molecule has 1 rings (SSSR count). The molecule has 0 spiro atoms. The van der Waals surface area contributed by atoms with Crippen molar-refractivity contribution >= 4 is 11.3 Å². The molecule has 0 radical (unpaired) electrons. The van der Waals surface area contributed by atoms with E-state index < -0.39 is 0 Å². The SMILES string of the molecule is C=CC#Cc1ccc(C#C/C=C/C)s1. The van der Waals surface area contributed by atoms with Gasteiger partial charge in [0.05, 0.1) is 9.75 Å². The predicted molar refractivity (Wildman–Crippen MR) is 63.1 cm³/mol. The first-order chi connectivity index (χ1) is 6.86. The van der Waals surface area contributed by atoms with E-state index in [0.717, 1.165) is 9.75 Å². The lowest BCUT2D eigenvalue weighted by Gasteiger charge is -1.75. The highest BCUT2D eigenvalue weighted by molar-refractivity contribution is 7.13. The van der Waals surface area contributed by atoms with Gasteiger partial charge in [-0.3, -0.25) is 0 Å². The number of rotatable bonds is 0. The van der Waals surface area contributed by atoms with E-state index in [1.807, 2.05) is 31.2 Å². The van der Waals surface area contributed by atoms with Crippen LogP contribution in [0.15, 0.2) is 36.9 Å². The minimum atomic E-state index is 1.02. The largest absolute Gasteiger partial charge is 0.118 e. The Morgan fingerprint density at radius 1 is 1.21 bits per heavy atom. The molecule has 0 N–H and O–H groups in total. The van der Waals surface area contributed by atoms with Crippen molar-refractivity contribution in [1.82, 2.24) is 0 Å². The fourth-order valence-corrected chi connectivity index (χ4v) is 1.52. The monoisotopic (exact) mass is 198 g/mol. The van der Waals surface area contributed by atoms with Crippen LogP contribution in [0.5, 0.6) is 0 Å². The molecule has 0 amide bonds. The maximum Gasteiger partial charge on any atom is 0.0785 e. The zero-order valence-corrected chi connectivity index (χ0v) is 8.82. The smallest absolute Gasteiger partial charge is 0.0785 e. The summed E-state index contributed by atoms with van der Waals surface area (Å²) in [6.45, 7) is 5.49. The molecule has 1 heteroatoms. The molecule has 0 atom stereocenters. The predicted octanol–water partition coefficient (Wildman–Crippen LogP) is 3.21. The van der Waals surface area contributed by atoms with Gasteiger partial charge in [0.2, 0.25) is 0 Å². The summed E-state index contributed by atoms with van der Waals surface area (Å²) in [5.74, 6) is 11.7. The molecule has 0 bridgehead atoms. The molecule has 0 aliphatic carbocycles. The van der Waals surface area contributed by atoms with Gasteiger partial charge in [0.1, 0.15) is 0 Å². The van der Waals surface area contributed by atoms with Crippen molar-refractivity contribution in [1.29, 1.82) is 0 Å². The van der Waals surface area contributed by atoms with Gasteiger partial charge in [-0.1, -0.05) is 36.3 Å². The maximum absolute atomic E-state index is 3.54. The second kappa shape index (κ2) is 5.86. The number of allylic oxidation sites excluding steroid dienone is 3. The van der Waals surface area contributed by atoms with Crippen LogP contribution in [0.2, 0.25) is 0 Å². The van der Waals surface area contributed by atoms with Crippen molar-refractivity contribution in [2.75, 3.05) is 0 Å². The number of thiophene rings is 1. The minimum absolute atomic E-state index is 1.02. The van der Waals surface area contributed by atoms with Crippen molar-refractivity contribution in [3.8, 4) is 23.7 Å². The summed E-state index contributed by atoms with van der Waals surface area (Å²) in [4.78, 5) is 2.06. The Kier molecular flexibility index (Phi) is 4.35. The average Bonchev–Trinajstić information content (AvgIpc) is 2.63. The zero-order valence-electron chi connectivity index (χ0n) is 8.00. The fraction of sp³-hybridized carbons (Fsp3) is 0.0769. The van der Waals surface area contributed by atoms with Crippen molar-refractivity contribution in [2.24, 2.45) is 0 Å². The third-order valence-corrected chi connectivity index (χ3v) is 2.26. The van der Waals surface area contributed by atoms with E-state index in [2.05, 4.69) is 30.3 Å². The van der Waals surface area contributed by atoms with Gasteiger partial charge < -0.3 is 0 Å². The molecule has 0 unspecified atom stereocenters. The van der Waals surface area contributed by atoms with E-state index in [9.17, 15) is 0 Å². The van der Waals surface area contributed by atoms with Crippen molar-refractivity contribution in [2.45, 2.75) is 6.92 Å². The Morgan fingerprint density at radius 3 is 2.43 bits per heavy atom. The van der Waals surface area contributed by atoms with Crippen LogP contribution in [0.4, 0.5) is 0 Å². The third kappa shape index (κ3) is 3.35. The van der Waals surface area contributed by atoms with Crippen LogP contribution in [0.3, 0.4) is 0 Å². The molecule has 0 aliphatic heterocycles. The van der Waals surface area contributed by atoms with E-state index in [-0.39, 0.29) is 0 Å². The first-order valence-electron chi connectivity index (χ1n) is 4.22. The highest BCUT2D eigenvalue weighted by Gasteiger charge is 1.92. The lowest BCUT2D eigenvalue weighted by atomic mass is 10.4. The third-order valence-electron chi connectivity index (χ3n) is 1.35. The van der Waals surface area contributed by atoms with Crippen LogP contribution in [-0.4, -0.2) is 0 Å². The molecule has 68 valence electrons. The highest BCUT2D eigenvalue weighted by Crippen LogP contribution is 2.13. The standard InChI is InChI=1S/C13H10S/c1-3-5-7-9-13-11-10-12(14-13)8-6-4-2/h3-5,10-11H,2H2,1H3/b5-3+. The fourth-order valence-electron chi connectivity index (χ4n) is 0.791. The Morgan fingerprint density at radius 2 is 1.86 bits per heavy atom. The van der Waals surface area contributed by atoms with E-state index >= 15 is 0 Å². The van der Waals surface area contributed by atoms with Crippen LogP contribution in [0.25, 0.3) is 0 Å². The second-order valence-corrected chi connectivity index (χ2v) is 3.49. The van der Waals surface area contributed by atoms with Crippen LogP contribution in [0, 0.1) is 23.7 Å². The molecule has 1 aromatic rings. The van der Waals surface area contributed by atoms with Crippen LogP contribution < -0.4 is 0 Å². The molecule has 0 nitrogen and oxygen atoms in total. The number of hydrogen-bond donors (Lipinski definition) is 0. The molecule has 0 saturated carbocycles. The van der Waals surface area contributed by atoms with Crippen molar-refractivity contribution < 1.29 is 0 Å². The van der Waals surface area contributed by atoms with Gasteiger partial charge in [-0.2, -0.15) is 0 Å². The van der Waals surface area contributed by atoms with Gasteiger partial charge in [-0.05, 0) is 31.2 Å². The summed E-state index contributed by atoms with van der Waals surface area (Å²) >= 11 is 1.59. The quantitative estimate of drug-likeness (QED) is 0.561. The lowest BCUT2D eigenvalue weighted by molar-refractivity contribution is 1.76. The molecular weight excluding hydrogens is 188 g/mol. The van der Waals surface area contributed by atoms with E-state index in [4.69, 9.17) is 0 Å². The Labute approximate surface area is 89.0 Å². The van der Waals surface area contributed by atoms with Gasteiger partial charge in [-0.25, -0.2) is 0 Å². The van der Waals surface area contributed by atoms with Gasteiger partial charge in [0.25, 0.3) is 0 Å².